The number of fused-ring (bicyclic) bond motifs is 2. The fourth-order valence-electron chi connectivity index (χ4n) is 4.49. The predicted molar refractivity (Wildman–Crippen MR) is 130 cm³/mol. The Morgan fingerprint density at radius 1 is 1.17 bits per heavy atom. The van der Waals surface area contributed by atoms with Gasteiger partial charge in [0.15, 0.2) is 0 Å². The average molecular weight is 503 g/mol. The SMILES string of the molecule is COc1cnc2c(C)c(CN3CCC(Nc4ncnc5sc(CC(F)(F)F)cc45)CC3)ccc2n1. The molecule has 4 heterocycles. The predicted octanol–water partition coefficient (Wildman–Crippen LogP) is 5.13. The van der Waals surface area contributed by atoms with Gasteiger partial charge in [0.25, 0.3) is 0 Å². The lowest BCUT2D eigenvalue weighted by molar-refractivity contribution is -0.126. The van der Waals surface area contributed by atoms with E-state index in [2.05, 4.69) is 43.1 Å². The number of benzene rings is 1. The second kappa shape index (κ2) is 9.54. The summed E-state index contributed by atoms with van der Waals surface area (Å²) in [5, 5.41) is 4.10. The smallest absolute Gasteiger partial charge is 0.393 e. The number of nitrogens with zero attached hydrogens (tertiary/aromatic N) is 5. The van der Waals surface area contributed by atoms with Crippen LogP contribution in [0.5, 0.6) is 5.88 Å². The number of hydrogen-bond donors (Lipinski definition) is 1. The van der Waals surface area contributed by atoms with Gasteiger partial charge in [0.2, 0.25) is 5.88 Å². The highest BCUT2D eigenvalue weighted by Crippen LogP contribution is 2.33. The molecule has 7 nitrogen and oxygen atoms in total. The molecule has 0 radical (unpaired) electrons. The molecule has 4 aromatic rings. The lowest BCUT2D eigenvalue weighted by atomic mass is 10.0. The maximum atomic E-state index is 12.8. The Kier molecular flexibility index (Phi) is 6.45. The van der Waals surface area contributed by atoms with Crippen molar-refractivity contribution in [1.29, 1.82) is 0 Å². The highest BCUT2D eigenvalue weighted by molar-refractivity contribution is 7.18. The number of methoxy groups -OCH3 is 1. The molecular formula is C24H25F3N6OS. The van der Waals surface area contributed by atoms with Crippen molar-refractivity contribution >= 4 is 38.4 Å². The van der Waals surface area contributed by atoms with E-state index in [4.69, 9.17) is 4.74 Å². The third-order valence-corrected chi connectivity index (χ3v) is 7.39. The number of halogens is 3. The zero-order chi connectivity index (χ0) is 24.6. The van der Waals surface area contributed by atoms with Crippen LogP contribution in [0, 0.1) is 6.92 Å². The van der Waals surface area contributed by atoms with Crippen LogP contribution < -0.4 is 10.1 Å². The molecule has 3 aromatic heterocycles. The van der Waals surface area contributed by atoms with Crippen molar-refractivity contribution in [3.8, 4) is 5.88 Å². The molecule has 0 atom stereocenters. The van der Waals surface area contributed by atoms with Gasteiger partial charge in [-0.15, -0.1) is 11.3 Å². The van der Waals surface area contributed by atoms with E-state index in [-0.39, 0.29) is 10.9 Å². The molecule has 11 heteroatoms. The first-order valence-electron chi connectivity index (χ1n) is 11.4. The molecule has 0 aliphatic carbocycles. The van der Waals surface area contributed by atoms with Crippen molar-refractivity contribution in [2.24, 2.45) is 0 Å². The van der Waals surface area contributed by atoms with Gasteiger partial charge in [0.1, 0.15) is 17.0 Å². The first kappa shape index (κ1) is 23.7. The quantitative estimate of drug-likeness (QED) is 0.392. The molecule has 1 saturated heterocycles. The number of aromatic nitrogens is 4. The summed E-state index contributed by atoms with van der Waals surface area (Å²) < 4.78 is 43.6. The number of rotatable bonds is 6. The molecule has 1 aliphatic rings. The van der Waals surface area contributed by atoms with E-state index in [0.717, 1.165) is 60.4 Å². The molecule has 0 unspecified atom stereocenters. The Bertz CT molecular complexity index is 1350. The third kappa shape index (κ3) is 5.30. The minimum atomic E-state index is -4.24. The van der Waals surface area contributed by atoms with Crippen LogP contribution in [0.25, 0.3) is 21.3 Å². The van der Waals surface area contributed by atoms with Gasteiger partial charge in [-0.2, -0.15) is 13.2 Å². The fourth-order valence-corrected chi connectivity index (χ4v) is 5.52. The lowest BCUT2D eigenvalue weighted by Gasteiger charge is -2.33. The number of piperidine rings is 1. The molecule has 1 N–H and O–H groups in total. The summed E-state index contributed by atoms with van der Waals surface area (Å²) in [6.07, 6.45) is -0.311. The topological polar surface area (TPSA) is 76.1 Å². The van der Waals surface area contributed by atoms with Gasteiger partial charge in [-0.1, -0.05) is 6.07 Å². The summed E-state index contributed by atoms with van der Waals surface area (Å²) in [6.45, 7) is 4.70. The molecule has 184 valence electrons. The molecule has 0 saturated carbocycles. The van der Waals surface area contributed by atoms with Crippen molar-refractivity contribution in [2.75, 3.05) is 25.5 Å². The van der Waals surface area contributed by atoms with Gasteiger partial charge in [0.05, 0.1) is 36.1 Å². The minimum absolute atomic E-state index is 0.200. The Morgan fingerprint density at radius 2 is 1.97 bits per heavy atom. The van der Waals surface area contributed by atoms with Gasteiger partial charge >= 0.3 is 6.18 Å². The molecule has 1 aromatic carbocycles. The van der Waals surface area contributed by atoms with Crippen molar-refractivity contribution in [2.45, 2.75) is 44.9 Å². The molecular weight excluding hydrogens is 477 g/mol. The molecule has 35 heavy (non-hydrogen) atoms. The number of likely N-dealkylation sites (tertiary alicyclic amines) is 1. The standard InChI is InChI=1S/C24H25F3N6OS/c1-14-15(3-4-19-21(14)28-11-20(32-19)34-2)12-33-7-5-16(6-8-33)31-22-18-9-17(10-24(25,26)27)35-23(18)30-13-29-22/h3-4,9,11,13,16H,5-8,10,12H2,1-2H3,(H,29,30,31). The summed E-state index contributed by atoms with van der Waals surface area (Å²) in [6, 6.07) is 5.84. The highest BCUT2D eigenvalue weighted by atomic mass is 32.1. The summed E-state index contributed by atoms with van der Waals surface area (Å²) >= 11 is 1.07. The van der Waals surface area contributed by atoms with Gasteiger partial charge in [-0.05, 0) is 43.0 Å². The van der Waals surface area contributed by atoms with Crippen molar-refractivity contribution in [3.05, 3.63) is 46.7 Å². The van der Waals surface area contributed by atoms with Crippen molar-refractivity contribution < 1.29 is 17.9 Å². The van der Waals surface area contributed by atoms with E-state index in [1.54, 1.807) is 19.4 Å². The number of thiophene rings is 1. The van der Waals surface area contributed by atoms with Crippen LogP contribution in [0.3, 0.4) is 0 Å². The summed E-state index contributed by atoms with van der Waals surface area (Å²) in [7, 11) is 1.58. The summed E-state index contributed by atoms with van der Waals surface area (Å²) in [5.41, 5.74) is 4.04. The van der Waals surface area contributed by atoms with Crippen LogP contribution in [0.4, 0.5) is 19.0 Å². The number of alkyl halides is 3. The lowest BCUT2D eigenvalue weighted by Crippen LogP contribution is -2.39. The van der Waals surface area contributed by atoms with Crippen LogP contribution in [0.15, 0.2) is 30.7 Å². The number of hydrogen-bond acceptors (Lipinski definition) is 8. The molecule has 0 spiro atoms. The number of ether oxygens (including phenoxy) is 1. The van der Waals surface area contributed by atoms with Gasteiger partial charge < -0.3 is 10.1 Å². The van der Waals surface area contributed by atoms with E-state index >= 15 is 0 Å². The fraction of sp³-hybridized carbons (Fsp3) is 0.417. The van der Waals surface area contributed by atoms with E-state index in [1.807, 2.05) is 6.07 Å². The Morgan fingerprint density at radius 3 is 2.71 bits per heavy atom. The van der Waals surface area contributed by atoms with Gasteiger partial charge in [0, 0.05) is 30.6 Å². The van der Waals surface area contributed by atoms with Crippen LogP contribution in [-0.4, -0.2) is 57.3 Å². The van der Waals surface area contributed by atoms with E-state index in [9.17, 15) is 13.2 Å². The van der Waals surface area contributed by atoms with E-state index in [0.29, 0.717) is 21.9 Å². The maximum Gasteiger partial charge on any atom is 0.393 e. The first-order chi connectivity index (χ1) is 16.8. The Labute approximate surface area is 204 Å². The van der Waals surface area contributed by atoms with Gasteiger partial charge in [-0.25, -0.2) is 19.9 Å². The Hall–Kier alpha value is -3.05. The van der Waals surface area contributed by atoms with E-state index < -0.39 is 12.6 Å². The molecule has 0 amide bonds. The van der Waals surface area contributed by atoms with Gasteiger partial charge in [-0.3, -0.25) is 4.90 Å². The molecule has 0 bridgehead atoms. The third-order valence-electron chi connectivity index (χ3n) is 6.34. The van der Waals surface area contributed by atoms with Crippen molar-refractivity contribution in [1.82, 2.24) is 24.8 Å². The molecule has 1 aliphatic heterocycles. The normalized spacial score (nSPS) is 15.7. The van der Waals surface area contributed by atoms with Crippen LogP contribution >= 0.6 is 11.3 Å². The van der Waals surface area contributed by atoms with Crippen molar-refractivity contribution in [3.63, 3.8) is 0 Å². The minimum Gasteiger partial charge on any atom is -0.480 e. The largest absolute Gasteiger partial charge is 0.480 e. The monoisotopic (exact) mass is 502 g/mol. The zero-order valence-electron chi connectivity index (χ0n) is 19.4. The van der Waals surface area contributed by atoms with Crippen LogP contribution in [0.2, 0.25) is 0 Å². The number of anilines is 1. The summed E-state index contributed by atoms with van der Waals surface area (Å²) in [5.74, 6) is 1.11. The molecule has 1 fully saturated rings. The second-order valence-corrected chi connectivity index (χ2v) is 9.89. The van der Waals surface area contributed by atoms with E-state index in [1.165, 1.54) is 11.9 Å². The summed E-state index contributed by atoms with van der Waals surface area (Å²) in [4.78, 5) is 20.7. The first-order valence-corrected chi connectivity index (χ1v) is 12.2. The van der Waals surface area contributed by atoms with Crippen LogP contribution in [-0.2, 0) is 13.0 Å². The second-order valence-electron chi connectivity index (χ2n) is 8.77. The zero-order valence-corrected chi connectivity index (χ0v) is 20.2. The number of nitrogens with one attached hydrogen (secondary N) is 1. The highest BCUT2D eigenvalue weighted by Gasteiger charge is 2.29. The Balaban J connectivity index is 1.23. The maximum absolute atomic E-state index is 12.8. The number of aryl methyl sites for hydroxylation is 1. The molecule has 5 rings (SSSR count). The van der Waals surface area contributed by atoms with Crippen LogP contribution in [0.1, 0.15) is 28.8 Å². The average Bonchev–Trinajstić information content (AvgIpc) is 3.23.